The number of amides is 1. The lowest BCUT2D eigenvalue weighted by atomic mass is 9.91. The van der Waals surface area contributed by atoms with E-state index >= 15 is 0 Å². The monoisotopic (exact) mass is 409 g/mol. The maximum Gasteiger partial charge on any atom is 0.490 e. The van der Waals surface area contributed by atoms with Crippen molar-refractivity contribution in [2.75, 3.05) is 20.1 Å². The molecule has 1 amide bonds. The van der Waals surface area contributed by atoms with Crippen LogP contribution in [0.2, 0.25) is 0 Å². The van der Waals surface area contributed by atoms with Gasteiger partial charge in [0.1, 0.15) is 6.10 Å². The number of carbonyl (C=O) groups is 2. The highest BCUT2D eigenvalue weighted by atomic mass is 32.1. The topological polar surface area (TPSA) is 91.8 Å². The quantitative estimate of drug-likeness (QED) is 0.791. The fraction of sp³-hybridized carbons (Fsp3) is 0.688. The van der Waals surface area contributed by atoms with E-state index in [1.54, 1.807) is 18.4 Å². The van der Waals surface area contributed by atoms with E-state index in [0.29, 0.717) is 5.92 Å². The molecule has 3 atom stereocenters. The SMILES string of the molecule is CNC(=O)[C@H]1C[C@@H]2CCN(Cc3scnc3C)C[C@@H]2O1.O=C(O)C(F)(F)F. The lowest BCUT2D eigenvalue weighted by Gasteiger charge is -2.33. The number of piperidine rings is 1. The first-order valence-corrected chi connectivity index (χ1v) is 9.28. The molecule has 2 fully saturated rings. The Hall–Kier alpha value is -1.72. The maximum absolute atomic E-state index is 11.7. The fourth-order valence-electron chi connectivity index (χ4n) is 3.15. The van der Waals surface area contributed by atoms with Crippen LogP contribution in [0, 0.1) is 12.8 Å². The number of ether oxygens (including phenoxy) is 1. The molecule has 0 aromatic carbocycles. The largest absolute Gasteiger partial charge is 0.490 e. The predicted molar refractivity (Wildman–Crippen MR) is 91.3 cm³/mol. The van der Waals surface area contributed by atoms with Crippen molar-refractivity contribution in [1.82, 2.24) is 15.2 Å². The second-order valence-corrected chi connectivity index (χ2v) is 7.40. The van der Waals surface area contributed by atoms with Crippen LogP contribution in [-0.4, -0.2) is 65.4 Å². The van der Waals surface area contributed by atoms with Crippen molar-refractivity contribution >= 4 is 23.2 Å². The van der Waals surface area contributed by atoms with Crippen LogP contribution in [0.5, 0.6) is 0 Å². The summed E-state index contributed by atoms with van der Waals surface area (Å²) in [5.74, 6) is -2.20. The number of nitrogens with zero attached hydrogens (tertiary/aromatic N) is 2. The minimum atomic E-state index is -5.08. The molecule has 2 N–H and O–H groups in total. The summed E-state index contributed by atoms with van der Waals surface area (Å²) in [7, 11) is 1.67. The first-order valence-electron chi connectivity index (χ1n) is 8.40. The molecule has 0 aliphatic carbocycles. The van der Waals surface area contributed by atoms with Crippen LogP contribution >= 0.6 is 11.3 Å². The van der Waals surface area contributed by atoms with Gasteiger partial charge in [-0.1, -0.05) is 0 Å². The Kier molecular flexibility index (Phi) is 7.18. The first-order chi connectivity index (χ1) is 12.6. The van der Waals surface area contributed by atoms with Gasteiger partial charge in [-0.15, -0.1) is 11.3 Å². The van der Waals surface area contributed by atoms with Crippen LogP contribution < -0.4 is 5.32 Å². The summed E-state index contributed by atoms with van der Waals surface area (Å²) in [4.78, 5) is 28.6. The zero-order valence-electron chi connectivity index (χ0n) is 15.0. The lowest BCUT2D eigenvalue weighted by molar-refractivity contribution is -0.192. The van der Waals surface area contributed by atoms with Crippen LogP contribution in [-0.2, 0) is 20.9 Å². The third-order valence-corrected chi connectivity index (χ3v) is 5.55. The molecule has 1 aromatic rings. The summed E-state index contributed by atoms with van der Waals surface area (Å²) in [5, 5.41) is 9.81. The molecule has 0 saturated carbocycles. The number of alkyl halides is 3. The van der Waals surface area contributed by atoms with E-state index in [0.717, 1.165) is 38.2 Å². The number of rotatable bonds is 3. The molecule has 27 heavy (non-hydrogen) atoms. The number of hydrogen-bond donors (Lipinski definition) is 2. The Bertz CT molecular complexity index is 668. The van der Waals surface area contributed by atoms with Gasteiger partial charge < -0.3 is 15.2 Å². The Morgan fingerprint density at radius 2 is 2.15 bits per heavy atom. The van der Waals surface area contributed by atoms with Gasteiger partial charge in [-0.2, -0.15) is 13.2 Å². The molecule has 0 spiro atoms. The number of aryl methyl sites for hydroxylation is 1. The number of aliphatic carboxylic acids is 1. The number of aromatic nitrogens is 1. The summed E-state index contributed by atoms with van der Waals surface area (Å²) < 4.78 is 37.7. The van der Waals surface area contributed by atoms with Gasteiger partial charge in [0.25, 0.3) is 0 Å². The zero-order chi connectivity index (χ0) is 20.2. The van der Waals surface area contributed by atoms with Gasteiger partial charge in [0.15, 0.2) is 0 Å². The summed E-state index contributed by atoms with van der Waals surface area (Å²) >= 11 is 1.72. The molecule has 0 bridgehead atoms. The van der Waals surface area contributed by atoms with Crippen molar-refractivity contribution in [3.05, 3.63) is 16.1 Å². The number of hydrogen-bond acceptors (Lipinski definition) is 6. The van der Waals surface area contributed by atoms with E-state index in [-0.39, 0.29) is 18.1 Å². The molecule has 152 valence electrons. The molecular weight excluding hydrogens is 387 g/mol. The normalized spacial score (nSPS) is 25.3. The second kappa shape index (κ2) is 8.98. The summed E-state index contributed by atoms with van der Waals surface area (Å²) in [6, 6.07) is 0. The van der Waals surface area contributed by atoms with Crippen molar-refractivity contribution < 1.29 is 32.6 Å². The van der Waals surface area contributed by atoms with Crippen LogP contribution in [0.4, 0.5) is 13.2 Å². The number of likely N-dealkylation sites (tertiary alicyclic amines) is 1. The van der Waals surface area contributed by atoms with Crippen LogP contribution in [0.15, 0.2) is 5.51 Å². The average Bonchev–Trinajstić information content (AvgIpc) is 3.20. The number of carbonyl (C=O) groups excluding carboxylic acids is 1. The maximum atomic E-state index is 11.7. The molecule has 2 aliphatic heterocycles. The molecule has 11 heteroatoms. The van der Waals surface area contributed by atoms with E-state index in [1.807, 2.05) is 5.51 Å². The smallest absolute Gasteiger partial charge is 0.475 e. The van der Waals surface area contributed by atoms with E-state index in [4.69, 9.17) is 14.6 Å². The van der Waals surface area contributed by atoms with E-state index < -0.39 is 12.1 Å². The Morgan fingerprint density at radius 1 is 1.48 bits per heavy atom. The van der Waals surface area contributed by atoms with Crippen molar-refractivity contribution in [3.63, 3.8) is 0 Å². The highest BCUT2D eigenvalue weighted by Crippen LogP contribution is 2.34. The van der Waals surface area contributed by atoms with Crippen molar-refractivity contribution in [1.29, 1.82) is 0 Å². The first kappa shape index (κ1) is 21.6. The van der Waals surface area contributed by atoms with Gasteiger partial charge >= 0.3 is 12.1 Å². The van der Waals surface area contributed by atoms with Gasteiger partial charge in [0.05, 0.1) is 17.3 Å². The van der Waals surface area contributed by atoms with Gasteiger partial charge in [-0.25, -0.2) is 9.78 Å². The van der Waals surface area contributed by atoms with E-state index in [2.05, 4.69) is 22.1 Å². The molecule has 2 aliphatic rings. The molecule has 1 aromatic heterocycles. The minimum absolute atomic E-state index is 0.0178. The predicted octanol–water partition coefficient (Wildman–Crippen LogP) is 1.81. The van der Waals surface area contributed by atoms with E-state index in [9.17, 15) is 18.0 Å². The van der Waals surface area contributed by atoms with Crippen molar-refractivity contribution in [2.45, 2.75) is 44.7 Å². The highest BCUT2D eigenvalue weighted by Gasteiger charge is 2.41. The Balaban J connectivity index is 0.000000321. The second-order valence-electron chi connectivity index (χ2n) is 6.46. The number of carboxylic acid groups (broad SMARTS) is 1. The fourth-order valence-corrected chi connectivity index (χ4v) is 3.97. The molecular formula is C16H22F3N3O4S. The number of carboxylic acids is 1. The minimum Gasteiger partial charge on any atom is -0.475 e. The summed E-state index contributed by atoms with van der Waals surface area (Å²) in [6.07, 6.45) is -3.13. The van der Waals surface area contributed by atoms with Gasteiger partial charge in [-0.05, 0) is 32.2 Å². The molecule has 3 heterocycles. The third-order valence-electron chi connectivity index (χ3n) is 4.63. The molecule has 3 rings (SSSR count). The lowest BCUT2D eigenvalue weighted by Crippen LogP contribution is -2.42. The van der Waals surface area contributed by atoms with Gasteiger partial charge in [0, 0.05) is 25.0 Å². The van der Waals surface area contributed by atoms with Crippen LogP contribution in [0.3, 0.4) is 0 Å². The number of nitrogens with one attached hydrogen (secondary N) is 1. The number of halogens is 3. The third kappa shape index (κ3) is 5.88. The zero-order valence-corrected chi connectivity index (χ0v) is 15.8. The van der Waals surface area contributed by atoms with Crippen molar-refractivity contribution in [3.8, 4) is 0 Å². The number of likely N-dealkylation sites (N-methyl/N-ethyl adjacent to an activating group) is 1. The van der Waals surface area contributed by atoms with E-state index in [1.165, 1.54) is 4.88 Å². The Labute approximate surface area is 158 Å². The number of thiazole rings is 1. The van der Waals surface area contributed by atoms with Crippen LogP contribution in [0.1, 0.15) is 23.4 Å². The standard InChI is InChI=1S/C14H21N3O2S.C2HF3O2/c1-9-13(20-8-16-9)7-17-4-3-10-5-11(14(18)15-2)19-12(10)6-17;3-2(4,5)1(6)7/h8,10-12H,3-7H2,1-2H3,(H,15,18);(H,6,7)/t10-,11+,12-;/m0./s1. The molecule has 7 nitrogen and oxygen atoms in total. The average molecular weight is 409 g/mol. The Morgan fingerprint density at radius 3 is 2.67 bits per heavy atom. The molecule has 0 unspecified atom stereocenters. The van der Waals surface area contributed by atoms with Crippen molar-refractivity contribution in [2.24, 2.45) is 5.92 Å². The highest BCUT2D eigenvalue weighted by molar-refractivity contribution is 7.09. The molecule has 2 saturated heterocycles. The number of fused-ring (bicyclic) bond motifs is 1. The van der Waals surface area contributed by atoms with Gasteiger partial charge in [-0.3, -0.25) is 9.69 Å². The van der Waals surface area contributed by atoms with Gasteiger partial charge in [0.2, 0.25) is 5.91 Å². The molecule has 0 radical (unpaired) electrons. The van der Waals surface area contributed by atoms with Crippen LogP contribution in [0.25, 0.3) is 0 Å². The summed E-state index contributed by atoms with van der Waals surface area (Å²) in [5.41, 5.74) is 3.04. The summed E-state index contributed by atoms with van der Waals surface area (Å²) in [6.45, 7) is 5.03.